The van der Waals surface area contributed by atoms with Crippen LogP contribution < -0.4 is 11.1 Å². The van der Waals surface area contributed by atoms with Crippen LogP contribution in [-0.2, 0) is 4.79 Å². The smallest absolute Gasteiger partial charge is 0.239 e. The van der Waals surface area contributed by atoms with Gasteiger partial charge >= 0.3 is 0 Å². The lowest BCUT2D eigenvalue weighted by Gasteiger charge is -2.38. The monoisotopic (exact) mass is 241 g/mol. The summed E-state index contributed by atoms with van der Waals surface area (Å²) in [6, 6.07) is 0.445. The van der Waals surface area contributed by atoms with Crippen molar-refractivity contribution in [3.63, 3.8) is 0 Å². The van der Waals surface area contributed by atoms with Crippen LogP contribution in [0.15, 0.2) is 0 Å². The van der Waals surface area contributed by atoms with Gasteiger partial charge in [0.05, 0.1) is 0 Å². The summed E-state index contributed by atoms with van der Waals surface area (Å²) in [6.45, 7) is 7.29. The molecule has 100 valence electrons. The molecule has 0 aliphatic heterocycles. The van der Waals surface area contributed by atoms with Gasteiger partial charge in [-0.05, 0) is 45.7 Å². The van der Waals surface area contributed by atoms with Gasteiger partial charge in [0, 0.05) is 12.6 Å². The van der Waals surface area contributed by atoms with E-state index in [1.54, 1.807) is 0 Å². The van der Waals surface area contributed by atoms with Crippen molar-refractivity contribution in [2.45, 2.75) is 45.2 Å². The number of carbonyl (C=O) groups excluding carboxylic acids is 1. The molecule has 4 heteroatoms. The fourth-order valence-electron chi connectivity index (χ4n) is 2.44. The number of nitrogens with zero attached hydrogens (tertiary/aromatic N) is 1. The zero-order chi connectivity index (χ0) is 13.2. The van der Waals surface area contributed by atoms with Crippen LogP contribution in [0, 0.1) is 11.8 Å². The molecule has 0 heterocycles. The van der Waals surface area contributed by atoms with Crippen molar-refractivity contribution in [3.05, 3.63) is 0 Å². The number of rotatable bonds is 7. The maximum Gasteiger partial charge on any atom is 0.239 e. The number of amides is 1. The van der Waals surface area contributed by atoms with E-state index in [1.807, 2.05) is 7.05 Å². The lowest BCUT2D eigenvalue weighted by Crippen LogP contribution is -2.62. The van der Waals surface area contributed by atoms with Gasteiger partial charge in [-0.3, -0.25) is 4.79 Å². The lowest BCUT2D eigenvalue weighted by atomic mass is 9.90. The highest BCUT2D eigenvalue weighted by atomic mass is 16.1. The molecule has 0 radical (unpaired) electrons. The topological polar surface area (TPSA) is 58.4 Å². The first kappa shape index (κ1) is 14.5. The van der Waals surface area contributed by atoms with E-state index in [1.165, 1.54) is 0 Å². The summed E-state index contributed by atoms with van der Waals surface area (Å²) in [7, 11) is 3.92. The zero-order valence-electron chi connectivity index (χ0n) is 11.8. The molecule has 0 aromatic rings. The quantitative estimate of drug-likeness (QED) is 0.693. The van der Waals surface area contributed by atoms with Crippen molar-refractivity contribution in [1.82, 2.24) is 10.2 Å². The Kier molecular flexibility index (Phi) is 4.55. The van der Waals surface area contributed by atoms with Gasteiger partial charge in [0.15, 0.2) is 0 Å². The molecular weight excluding hydrogens is 214 g/mol. The van der Waals surface area contributed by atoms with Crippen LogP contribution >= 0.6 is 0 Å². The number of hydrogen-bond acceptors (Lipinski definition) is 3. The molecule has 1 saturated carbocycles. The third-order valence-corrected chi connectivity index (χ3v) is 4.32. The van der Waals surface area contributed by atoms with E-state index in [0.29, 0.717) is 24.4 Å². The lowest BCUT2D eigenvalue weighted by molar-refractivity contribution is -0.126. The van der Waals surface area contributed by atoms with E-state index >= 15 is 0 Å². The fraction of sp³-hybridized carbons (Fsp3) is 0.923. The number of likely N-dealkylation sites (N-methyl/N-ethyl adjacent to an activating group) is 2. The third-order valence-electron chi connectivity index (χ3n) is 4.32. The van der Waals surface area contributed by atoms with Crippen molar-refractivity contribution in [2.75, 3.05) is 20.6 Å². The number of nitrogens with two attached hydrogens (primary N) is 1. The zero-order valence-corrected chi connectivity index (χ0v) is 11.8. The van der Waals surface area contributed by atoms with Gasteiger partial charge in [0.2, 0.25) is 5.91 Å². The van der Waals surface area contributed by atoms with E-state index < -0.39 is 5.54 Å². The van der Waals surface area contributed by atoms with Gasteiger partial charge in [-0.2, -0.15) is 0 Å². The second-order valence-electron chi connectivity index (χ2n) is 5.76. The Morgan fingerprint density at radius 2 is 2.00 bits per heavy atom. The summed E-state index contributed by atoms with van der Waals surface area (Å²) >= 11 is 0. The Morgan fingerprint density at radius 1 is 1.47 bits per heavy atom. The average molecular weight is 241 g/mol. The number of nitrogens with one attached hydrogen (secondary N) is 1. The van der Waals surface area contributed by atoms with E-state index in [0.717, 1.165) is 12.8 Å². The Balaban J connectivity index is 2.76. The van der Waals surface area contributed by atoms with Crippen molar-refractivity contribution < 1.29 is 4.79 Å². The predicted molar refractivity (Wildman–Crippen MR) is 70.6 cm³/mol. The van der Waals surface area contributed by atoms with Crippen LogP contribution in [-0.4, -0.2) is 43.0 Å². The predicted octanol–water partition coefficient (Wildman–Crippen LogP) is 0.816. The van der Waals surface area contributed by atoms with Crippen molar-refractivity contribution >= 4 is 5.91 Å². The SMILES string of the molecule is CNC(CN(C)C(C)C(C)C)(C(N)=O)C1CC1. The molecule has 0 spiro atoms. The molecule has 0 saturated heterocycles. The molecule has 0 aromatic carbocycles. The number of hydrogen-bond donors (Lipinski definition) is 2. The molecule has 2 atom stereocenters. The highest BCUT2D eigenvalue weighted by molar-refractivity contribution is 5.86. The van der Waals surface area contributed by atoms with Crippen LogP contribution in [0.2, 0.25) is 0 Å². The van der Waals surface area contributed by atoms with Gasteiger partial charge in [-0.1, -0.05) is 13.8 Å². The Labute approximate surface area is 105 Å². The second-order valence-corrected chi connectivity index (χ2v) is 5.76. The van der Waals surface area contributed by atoms with Crippen LogP contribution in [0.3, 0.4) is 0 Å². The number of primary amides is 1. The summed E-state index contributed by atoms with van der Waals surface area (Å²) < 4.78 is 0. The van der Waals surface area contributed by atoms with E-state index in [2.05, 4.69) is 38.0 Å². The highest BCUT2D eigenvalue weighted by Gasteiger charge is 2.49. The van der Waals surface area contributed by atoms with Gasteiger partial charge in [0.25, 0.3) is 0 Å². The molecule has 1 rings (SSSR count). The molecule has 0 aromatic heterocycles. The summed E-state index contributed by atoms with van der Waals surface area (Å²) in [4.78, 5) is 14.0. The minimum Gasteiger partial charge on any atom is -0.368 e. The molecule has 1 aliphatic rings. The molecule has 1 aliphatic carbocycles. The molecule has 0 bridgehead atoms. The van der Waals surface area contributed by atoms with E-state index in [9.17, 15) is 4.79 Å². The van der Waals surface area contributed by atoms with Crippen LogP contribution in [0.5, 0.6) is 0 Å². The van der Waals surface area contributed by atoms with E-state index in [-0.39, 0.29) is 5.91 Å². The fourth-order valence-corrected chi connectivity index (χ4v) is 2.44. The number of carbonyl (C=O) groups is 1. The maximum atomic E-state index is 11.8. The third kappa shape index (κ3) is 2.99. The van der Waals surface area contributed by atoms with Gasteiger partial charge < -0.3 is 16.0 Å². The standard InChI is InChI=1S/C13H27N3O/c1-9(2)10(3)16(5)8-13(15-4,12(14)17)11-6-7-11/h9-11,15H,6-8H2,1-5H3,(H2,14,17). The maximum absolute atomic E-state index is 11.8. The second kappa shape index (κ2) is 5.36. The Bertz CT molecular complexity index is 276. The minimum absolute atomic E-state index is 0.217. The molecule has 3 N–H and O–H groups in total. The molecule has 1 fully saturated rings. The molecular formula is C13H27N3O. The van der Waals surface area contributed by atoms with Gasteiger partial charge in [0.1, 0.15) is 5.54 Å². The highest BCUT2D eigenvalue weighted by Crippen LogP contribution is 2.40. The largest absolute Gasteiger partial charge is 0.368 e. The molecule has 4 nitrogen and oxygen atoms in total. The van der Waals surface area contributed by atoms with Crippen molar-refractivity contribution in [1.29, 1.82) is 0 Å². The summed E-state index contributed by atoms with van der Waals surface area (Å²) in [6.07, 6.45) is 2.21. The first-order valence-corrected chi connectivity index (χ1v) is 6.54. The molecule has 17 heavy (non-hydrogen) atoms. The Morgan fingerprint density at radius 3 is 2.29 bits per heavy atom. The van der Waals surface area contributed by atoms with Crippen LogP contribution in [0.25, 0.3) is 0 Å². The van der Waals surface area contributed by atoms with Gasteiger partial charge in [-0.15, -0.1) is 0 Å². The minimum atomic E-state index is -0.544. The van der Waals surface area contributed by atoms with E-state index in [4.69, 9.17) is 5.73 Å². The van der Waals surface area contributed by atoms with Crippen molar-refractivity contribution in [3.8, 4) is 0 Å². The summed E-state index contributed by atoms with van der Waals surface area (Å²) in [5, 5.41) is 3.19. The van der Waals surface area contributed by atoms with Crippen molar-refractivity contribution in [2.24, 2.45) is 17.6 Å². The van der Waals surface area contributed by atoms with Crippen LogP contribution in [0.4, 0.5) is 0 Å². The normalized spacial score (nSPS) is 21.6. The summed E-state index contributed by atoms with van der Waals surface area (Å²) in [5.74, 6) is 0.763. The average Bonchev–Trinajstić information content (AvgIpc) is 3.07. The van der Waals surface area contributed by atoms with Gasteiger partial charge in [-0.25, -0.2) is 0 Å². The first-order valence-electron chi connectivity index (χ1n) is 6.54. The van der Waals surface area contributed by atoms with Crippen LogP contribution in [0.1, 0.15) is 33.6 Å². The Hall–Kier alpha value is -0.610. The molecule has 1 amide bonds. The molecule has 2 unspecified atom stereocenters. The summed E-state index contributed by atoms with van der Waals surface area (Å²) in [5.41, 5.74) is 5.08. The first-order chi connectivity index (χ1) is 7.85.